The number of carbonyl (C=O) groups is 1. The summed E-state index contributed by atoms with van der Waals surface area (Å²) in [5.74, 6) is -0.00435. The normalized spacial score (nSPS) is 28.8. The standard InChI is InChI=1S/C8H12N2O/c1-8(2)4-3-6(5-9)10-7(8)11/h6H,3-4H2,1-2H3,(H,10,11). The smallest absolute Gasteiger partial charge is 0.226 e. The molecule has 1 heterocycles. The first-order valence-electron chi connectivity index (χ1n) is 3.77. The van der Waals surface area contributed by atoms with E-state index in [1.807, 2.05) is 19.9 Å². The molecule has 0 radical (unpaired) electrons. The number of hydrogen-bond acceptors (Lipinski definition) is 2. The molecule has 0 spiro atoms. The average Bonchev–Trinajstić information content (AvgIpc) is 1.95. The van der Waals surface area contributed by atoms with Gasteiger partial charge in [0, 0.05) is 5.41 Å². The van der Waals surface area contributed by atoms with Crippen LogP contribution < -0.4 is 5.32 Å². The Morgan fingerprint density at radius 3 is 2.82 bits per heavy atom. The molecule has 1 aliphatic rings. The van der Waals surface area contributed by atoms with Crippen LogP contribution in [0.5, 0.6) is 0 Å². The molecule has 0 bridgehead atoms. The second-order valence-electron chi connectivity index (χ2n) is 3.58. The third-order valence-corrected chi connectivity index (χ3v) is 2.13. The zero-order chi connectivity index (χ0) is 8.48. The highest BCUT2D eigenvalue weighted by molar-refractivity contribution is 5.83. The van der Waals surface area contributed by atoms with Crippen molar-refractivity contribution in [1.29, 1.82) is 5.26 Å². The van der Waals surface area contributed by atoms with Crippen LogP contribution in [0.4, 0.5) is 0 Å². The van der Waals surface area contributed by atoms with Crippen LogP contribution in [-0.2, 0) is 4.79 Å². The van der Waals surface area contributed by atoms with Gasteiger partial charge in [-0.3, -0.25) is 4.79 Å². The lowest BCUT2D eigenvalue weighted by Gasteiger charge is -2.30. The molecule has 3 nitrogen and oxygen atoms in total. The quantitative estimate of drug-likeness (QED) is 0.558. The highest BCUT2D eigenvalue weighted by atomic mass is 16.2. The lowest BCUT2D eigenvalue weighted by molar-refractivity contribution is -0.132. The van der Waals surface area contributed by atoms with E-state index in [2.05, 4.69) is 5.32 Å². The predicted molar refractivity (Wildman–Crippen MR) is 40.6 cm³/mol. The molecule has 1 N–H and O–H groups in total. The maximum absolute atomic E-state index is 11.2. The van der Waals surface area contributed by atoms with Crippen molar-refractivity contribution in [3.63, 3.8) is 0 Å². The lowest BCUT2D eigenvalue weighted by Crippen LogP contribution is -2.47. The van der Waals surface area contributed by atoms with Gasteiger partial charge in [0.1, 0.15) is 6.04 Å². The fourth-order valence-corrected chi connectivity index (χ4v) is 1.14. The molecule has 0 aromatic heterocycles. The molecule has 0 aromatic rings. The molecule has 0 saturated carbocycles. The molecular formula is C8H12N2O. The number of carbonyl (C=O) groups excluding carboxylic acids is 1. The number of rotatable bonds is 0. The van der Waals surface area contributed by atoms with E-state index in [1.54, 1.807) is 0 Å². The minimum atomic E-state index is -0.284. The molecule has 1 atom stereocenters. The molecule has 0 aromatic carbocycles. The summed E-state index contributed by atoms with van der Waals surface area (Å²) >= 11 is 0. The van der Waals surface area contributed by atoms with Crippen molar-refractivity contribution in [2.75, 3.05) is 0 Å². The van der Waals surface area contributed by atoms with E-state index in [4.69, 9.17) is 5.26 Å². The Labute approximate surface area is 66.4 Å². The van der Waals surface area contributed by atoms with Gasteiger partial charge in [-0.15, -0.1) is 0 Å². The van der Waals surface area contributed by atoms with Crippen LogP contribution in [0.3, 0.4) is 0 Å². The summed E-state index contributed by atoms with van der Waals surface area (Å²) in [4.78, 5) is 11.2. The van der Waals surface area contributed by atoms with E-state index in [-0.39, 0.29) is 17.4 Å². The minimum absolute atomic E-state index is 0.00435. The molecule has 1 unspecified atom stereocenters. The first kappa shape index (κ1) is 8.06. The Balaban J connectivity index is 2.64. The number of amides is 1. The maximum atomic E-state index is 11.2. The van der Waals surface area contributed by atoms with Gasteiger partial charge in [0.2, 0.25) is 5.91 Å². The SMILES string of the molecule is CC1(C)CCC(C#N)NC1=O. The van der Waals surface area contributed by atoms with Crippen molar-refractivity contribution in [2.45, 2.75) is 32.7 Å². The van der Waals surface area contributed by atoms with Crippen molar-refractivity contribution in [1.82, 2.24) is 5.32 Å². The Kier molecular flexibility index (Phi) is 1.86. The summed E-state index contributed by atoms with van der Waals surface area (Å²) in [6, 6.07) is 1.77. The second kappa shape index (κ2) is 2.54. The minimum Gasteiger partial charge on any atom is -0.340 e. The highest BCUT2D eigenvalue weighted by Crippen LogP contribution is 2.27. The fourth-order valence-electron chi connectivity index (χ4n) is 1.14. The molecule has 0 aliphatic carbocycles. The van der Waals surface area contributed by atoms with E-state index in [9.17, 15) is 4.79 Å². The molecule has 1 fully saturated rings. The molecule has 1 aliphatic heterocycles. The molecule has 1 amide bonds. The van der Waals surface area contributed by atoms with Gasteiger partial charge >= 0.3 is 0 Å². The zero-order valence-corrected chi connectivity index (χ0v) is 6.85. The van der Waals surface area contributed by atoms with Crippen LogP contribution in [0.15, 0.2) is 0 Å². The first-order valence-corrected chi connectivity index (χ1v) is 3.77. The summed E-state index contributed by atoms with van der Waals surface area (Å²) in [5, 5.41) is 11.2. The fraction of sp³-hybridized carbons (Fsp3) is 0.750. The van der Waals surface area contributed by atoms with Crippen LogP contribution in [0.2, 0.25) is 0 Å². The van der Waals surface area contributed by atoms with Gasteiger partial charge in [-0.1, -0.05) is 13.8 Å². The van der Waals surface area contributed by atoms with Crippen LogP contribution in [0.25, 0.3) is 0 Å². The number of hydrogen-bond donors (Lipinski definition) is 1. The number of nitrogens with zero attached hydrogens (tertiary/aromatic N) is 1. The third-order valence-electron chi connectivity index (χ3n) is 2.13. The average molecular weight is 152 g/mol. The van der Waals surface area contributed by atoms with Gasteiger partial charge < -0.3 is 5.32 Å². The molecular weight excluding hydrogens is 140 g/mol. The van der Waals surface area contributed by atoms with E-state index in [1.165, 1.54) is 0 Å². The topological polar surface area (TPSA) is 52.9 Å². The largest absolute Gasteiger partial charge is 0.340 e. The van der Waals surface area contributed by atoms with Crippen molar-refractivity contribution >= 4 is 5.91 Å². The molecule has 60 valence electrons. The van der Waals surface area contributed by atoms with Gasteiger partial charge in [-0.05, 0) is 12.8 Å². The van der Waals surface area contributed by atoms with E-state index in [0.717, 1.165) is 12.8 Å². The Hall–Kier alpha value is -1.04. The molecule has 3 heteroatoms. The molecule has 11 heavy (non-hydrogen) atoms. The van der Waals surface area contributed by atoms with Crippen LogP contribution in [0.1, 0.15) is 26.7 Å². The van der Waals surface area contributed by atoms with Crippen molar-refractivity contribution in [2.24, 2.45) is 5.41 Å². The van der Waals surface area contributed by atoms with Gasteiger partial charge in [0.15, 0.2) is 0 Å². The zero-order valence-electron chi connectivity index (χ0n) is 6.85. The number of nitriles is 1. The van der Waals surface area contributed by atoms with E-state index in [0.29, 0.717) is 0 Å². The predicted octanol–water partition coefficient (Wildman–Crippen LogP) is 0.815. The van der Waals surface area contributed by atoms with Crippen molar-refractivity contribution < 1.29 is 4.79 Å². The summed E-state index contributed by atoms with van der Waals surface area (Å²) in [5.41, 5.74) is -0.284. The van der Waals surface area contributed by atoms with Crippen LogP contribution >= 0.6 is 0 Å². The maximum Gasteiger partial charge on any atom is 0.226 e. The van der Waals surface area contributed by atoms with Gasteiger partial charge in [0.05, 0.1) is 6.07 Å². The van der Waals surface area contributed by atoms with Gasteiger partial charge in [0.25, 0.3) is 0 Å². The first-order chi connectivity index (χ1) is 5.06. The summed E-state index contributed by atoms with van der Waals surface area (Å²) < 4.78 is 0. The van der Waals surface area contributed by atoms with Crippen LogP contribution in [0, 0.1) is 16.7 Å². The number of nitrogens with one attached hydrogen (secondary N) is 1. The van der Waals surface area contributed by atoms with Gasteiger partial charge in [-0.2, -0.15) is 5.26 Å². The summed E-state index contributed by atoms with van der Waals surface area (Å²) in [6.07, 6.45) is 1.58. The van der Waals surface area contributed by atoms with Crippen LogP contribution in [-0.4, -0.2) is 11.9 Å². The van der Waals surface area contributed by atoms with E-state index >= 15 is 0 Å². The monoisotopic (exact) mass is 152 g/mol. The Bertz CT molecular complexity index is 215. The lowest BCUT2D eigenvalue weighted by atomic mass is 9.82. The highest BCUT2D eigenvalue weighted by Gasteiger charge is 2.34. The Morgan fingerprint density at radius 1 is 1.73 bits per heavy atom. The number of piperidine rings is 1. The second-order valence-corrected chi connectivity index (χ2v) is 3.58. The summed E-state index contributed by atoms with van der Waals surface area (Å²) in [6.45, 7) is 3.80. The Morgan fingerprint density at radius 2 is 2.36 bits per heavy atom. The third kappa shape index (κ3) is 1.51. The van der Waals surface area contributed by atoms with E-state index < -0.39 is 0 Å². The molecule has 1 rings (SSSR count). The van der Waals surface area contributed by atoms with Crippen molar-refractivity contribution in [3.05, 3.63) is 0 Å². The van der Waals surface area contributed by atoms with Crippen molar-refractivity contribution in [3.8, 4) is 6.07 Å². The summed E-state index contributed by atoms with van der Waals surface area (Å²) in [7, 11) is 0. The molecule has 1 saturated heterocycles. The van der Waals surface area contributed by atoms with Gasteiger partial charge in [-0.25, -0.2) is 0 Å².